The Morgan fingerprint density at radius 3 is 2.00 bits per heavy atom. The zero-order valence-electron chi connectivity index (χ0n) is 10.8. The molecule has 0 atom stereocenters. The largest absolute Gasteiger partial charge is 0.379 e. The monoisotopic (exact) mass is 284 g/mol. The molecule has 0 aromatic heterocycles. The topological polar surface area (TPSA) is 27.7 Å². The third-order valence-electron chi connectivity index (χ3n) is 1.98. The van der Waals surface area contributed by atoms with Crippen molar-refractivity contribution in [3.63, 3.8) is 0 Å². The van der Waals surface area contributed by atoms with Crippen molar-refractivity contribution in [2.24, 2.45) is 0 Å². The molecule has 0 aliphatic rings. The summed E-state index contributed by atoms with van der Waals surface area (Å²) in [6, 6.07) is 0. The van der Waals surface area contributed by atoms with Gasteiger partial charge in [0.15, 0.2) is 0 Å². The second kappa shape index (κ2) is 16.5. The molecule has 3 nitrogen and oxygen atoms in total. The third kappa shape index (κ3) is 16.5. The number of thioether (sulfide) groups is 1. The van der Waals surface area contributed by atoms with Crippen LogP contribution in [0.3, 0.4) is 0 Å². The fraction of sp³-hybridized carbons (Fsp3) is 1.00. The molecule has 0 fully saturated rings. The summed E-state index contributed by atoms with van der Waals surface area (Å²) < 4.78 is 16.1. The van der Waals surface area contributed by atoms with Crippen LogP contribution in [0.1, 0.15) is 19.8 Å². The molecule has 104 valence electrons. The summed E-state index contributed by atoms with van der Waals surface area (Å²) in [6.45, 7) is 6.43. The maximum Gasteiger partial charge on any atom is 0.0701 e. The van der Waals surface area contributed by atoms with Crippen LogP contribution in [0.5, 0.6) is 0 Å². The lowest BCUT2D eigenvalue weighted by Gasteiger charge is -2.06. The molecule has 5 heteroatoms. The minimum Gasteiger partial charge on any atom is -0.379 e. The molecule has 0 radical (unpaired) electrons. The van der Waals surface area contributed by atoms with Crippen molar-refractivity contribution >= 4 is 23.4 Å². The fourth-order valence-electron chi connectivity index (χ4n) is 1.06. The van der Waals surface area contributed by atoms with Gasteiger partial charge in [-0.3, -0.25) is 0 Å². The molecule has 0 aliphatic heterocycles. The van der Waals surface area contributed by atoms with Crippen LogP contribution in [-0.2, 0) is 14.2 Å². The lowest BCUT2D eigenvalue weighted by Crippen LogP contribution is -2.10. The number of hydrogen-bond acceptors (Lipinski definition) is 4. The van der Waals surface area contributed by atoms with Crippen molar-refractivity contribution in [1.29, 1.82) is 0 Å². The summed E-state index contributed by atoms with van der Waals surface area (Å²) in [7, 11) is 0. The highest BCUT2D eigenvalue weighted by molar-refractivity contribution is 7.99. The average Bonchev–Trinajstić information content (AvgIpc) is 2.35. The Morgan fingerprint density at radius 2 is 1.41 bits per heavy atom. The minimum absolute atomic E-state index is 0.650. The molecule has 0 rings (SSSR count). The zero-order valence-corrected chi connectivity index (χ0v) is 12.4. The van der Waals surface area contributed by atoms with Crippen LogP contribution in [0, 0.1) is 0 Å². The fourth-order valence-corrected chi connectivity index (χ4v) is 1.94. The van der Waals surface area contributed by atoms with Crippen LogP contribution in [0.15, 0.2) is 0 Å². The molecular weight excluding hydrogens is 260 g/mol. The van der Waals surface area contributed by atoms with Crippen LogP contribution in [-0.4, -0.2) is 57.0 Å². The van der Waals surface area contributed by atoms with E-state index in [1.807, 2.05) is 11.8 Å². The molecule has 0 amide bonds. The van der Waals surface area contributed by atoms with Gasteiger partial charge in [0.05, 0.1) is 33.0 Å². The van der Waals surface area contributed by atoms with Gasteiger partial charge in [0, 0.05) is 24.0 Å². The maximum absolute atomic E-state index is 5.55. The Labute approximate surface area is 115 Å². The van der Waals surface area contributed by atoms with Gasteiger partial charge in [-0.05, 0) is 6.42 Å². The van der Waals surface area contributed by atoms with E-state index < -0.39 is 0 Å². The minimum atomic E-state index is 0.650. The van der Waals surface area contributed by atoms with Gasteiger partial charge in [0.2, 0.25) is 0 Å². The number of hydrogen-bond donors (Lipinski definition) is 0. The number of halogens is 1. The molecule has 17 heavy (non-hydrogen) atoms. The molecule has 0 unspecified atom stereocenters. The predicted octanol–water partition coefficient (Wildman–Crippen LogP) is 2.81. The van der Waals surface area contributed by atoms with Crippen molar-refractivity contribution in [1.82, 2.24) is 0 Å². The standard InChI is InChI=1S/C12H25ClO3S/c1-2-3-5-14-6-7-15-8-9-16-10-12-17-11-4-13/h2-12H2,1H3. The lowest BCUT2D eigenvalue weighted by atomic mass is 10.4. The van der Waals surface area contributed by atoms with Crippen molar-refractivity contribution in [3.8, 4) is 0 Å². The van der Waals surface area contributed by atoms with Crippen LogP contribution in [0.2, 0.25) is 0 Å². The lowest BCUT2D eigenvalue weighted by molar-refractivity contribution is 0.0169. The molecule has 0 saturated heterocycles. The SMILES string of the molecule is CCCCOCCOCCOCCSCCCl. The van der Waals surface area contributed by atoms with E-state index in [-0.39, 0.29) is 0 Å². The van der Waals surface area contributed by atoms with Gasteiger partial charge in [-0.15, -0.1) is 11.6 Å². The van der Waals surface area contributed by atoms with Gasteiger partial charge in [-0.25, -0.2) is 0 Å². The first-order valence-electron chi connectivity index (χ1n) is 6.28. The van der Waals surface area contributed by atoms with Gasteiger partial charge >= 0.3 is 0 Å². The molecule has 0 heterocycles. The highest BCUT2D eigenvalue weighted by Crippen LogP contribution is 1.99. The van der Waals surface area contributed by atoms with Gasteiger partial charge in [-0.2, -0.15) is 11.8 Å². The summed E-state index contributed by atoms with van der Waals surface area (Å²) in [5.41, 5.74) is 0. The molecule has 0 saturated carbocycles. The highest BCUT2D eigenvalue weighted by atomic mass is 35.5. The van der Waals surface area contributed by atoms with E-state index in [2.05, 4.69) is 6.92 Å². The molecule has 0 bridgehead atoms. The van der Waals surface area contributed by atoms with Gasteiger partial charge in [-0.1, -0.05) is 13.3 Å². The third-order valence-corrected chi connectivity index (χ3v) is 3.34. The number of rotatable bonds is 14. The van der Waals surface area contributed by atoms with E-state index in [9.17, 15) is 0 Å². The normalized spacial score (nSPS) is 10.9. The number of alkyl halides is 1. The van der Waals surface area contributed by atoms with E-state index in [0.29, 0.717) is 32.3 Å². The van der Waals surface area contributed by atoms with Crippen LogP contribution >= 0.6 is 23.4 Å². The Kier molecular flexibility index (Phi) is 17.0. The highest BCUT2D eigenvalue weighted by Gasteiger charge is 1.92. The van der Waals surface area contributed by atoms with Crippen molar-refractivity contribution in [2.75, 3.05) is 57.0 Å². The Balaban J connectivity index is 2.85. The van der Waals surface area contributed by atoms with E-state index in [1.165, 1.54) is 6.42 Å². The quantitative estimate of drug-likeness (QED) is 0.362. The Bertz CT molecular complexity index is 125. The van der Waals surface area contributed by atoms with Crippen LogP contribution < -0.4 is 0 Å². The molecule has 0 aromatic rings. The number of ether oxygens (including phenoxy) is 3. The Morgan fingerprint density at radius 1 is 0.824 bits per heavy atom. The smallest absolute Gasteiger partial charge is 0.0701 e. The maximum atomic E-state index is 5.55. The van der Waals surface area contributed by atoms with Crippen LogP contribution in [0.25, 0.3) is 0 Å². The van der Waals surface area contributed by atoms with Crippen molar-refractivity contribution < 1.29 is 14.2 Å². The van der Waals surface area contributed by atoms with Gasteiger partial charge < -0.3 is 14.2 Å². The summed E-state index contributed by atoms with van der Waals surface area (Å²) >= 11 is 7.37. The van der Waals surface area contributed by atoms with Crippen LogP contribution in [0.4, 0.5) is 0 Å². The number of unbranched alkanes of at least 4 members (excludes halogenated alkanes) is 1. The zero-order chi connectivity index (χ0) is 12.6. The van der Waals surface area contributed by atoms with E-state index in [0.717, 1.165) is 31.1 Å². The molecule has 0 N–H and O–H groups in total. The summed E-state index contributed by atoms with van der Waals surface area (Å²) in [5, 5.41) is 0. The van der Waals surface area contributed by atoms with Crippen molar-refractivity contribution in [3.05, 3.63) is 0 Å². The van der Waals surface area contributed by atoms with Gasteiger partial charge in [0.1, 0.15) is 0 Å². The first kappa shape index (κ1) is 17.5. The molecular formula is C12H25ClO3S. The van der Waals surface area contributed by atoms with E-state index >= 15 is 0 Å². The van der Waals surface area contributed by atoms with Crippen molar-refractivity contribution in [2.45, 2.75) is 19.8 Å². The molecule has 0 aliphatic carbocycles. The first-order valence-corrected chi connectivity index (χ1v) is 7.97. The molecule has 0 spiro atoms. The summed E-state index contributed by atoms with van der Waals surface area (Å²) in [4.78, 5) is 0. The average molecular weight is 285 g/mol. The summed E-state index contributed by atoms with van der Waals surface area (Å²) in [6.07, 6.45) is 2.31. The van der Waals surface area contributed by atoms with E-state index in [1.54, 1.807) is 0 Å². The Hall–Kier alpha value is 0.520. The summed E-state index contributed by atoms with van der Waals surface area (Å²) in [5.74, 6) is 2.72. The molecule has 0 aromatic carbocycles. The predicted molar refractivity (Wildman–Crippen MR) is 75.4 cm³/mol. The second-order valence-electron chi connectivity index (χ2n) is 3.49. The first-order chi connectivity index (χ1) is 8.41. The second-order valence-corrected chi connectivity index (χ2v) is 5.09. The van der Waals surface area contributed by atoms with E-state index in [4.69, 9.17) is 25.8 Å². The van der Waals surface area contributed by atoms with Gasteiger partial charge in [0.25, 0.3) is 0 Å².